The first-order chi connectivity index (χ1) is 11.3. The Morgan fingerprint density at radius 3 is 2.25 bits per heavy atom. The first-order valence-corrected chi connectivity index (χ1v) is 7.92. The van der Waals surface area contributed by atoms with Gasteiger partial charge in [0.15, 0.2) is 6.04 Å². The number of benzene rings is 1. The second-order valence-electron chi connectivity index (χ2n) is 6.00. The Labute approximate surface area is 141 Å². The predicted octanol–water partition coefficient (Wildman–Crippen LogP) is -0.383. The van der Waals surface area contributed by atoms with Crippen LogP contribution >= 0.6 is 0 Å². The zero-order valence-electron chi connectivity index (χ0n) is 14.4. The number of ether oxygens (including phenoxy) is 1. The van der Waals surface area contributed by atoms with Gasteiger partial charge in [-0.05, 0) is 18.4 Å². The molecule has 24 heavy (non-hydrogen) atoms. The molecule has 5 N–H and O–H groups in total. The number of hydrogen-bond donors (Lipinski definition) is 3. The van der Waals surface area contributed by atoms with Crippen LogP contribution in [0.25, 0.3) is 0 Å². The smallest absolute Gasteiger partial charge is 0.325 e. The fourth-order valence-corrected chi connectivity index (χ4v) is 1.89. The molecule has 0 unspecified atom stereocenters. The van der Waals surface area contributed by atoms with E-state index in [2.05, 4.69) is 16.4 Å². The van der Waals surface area contributed by atoms with Gasteiger partial charge in [0.25, 0.3) is 5.91 Å². The van der Waals surface area contributed by atoms with Gasteiger partial charge in [0.1, 0.15) is 19.2 Å². The van der Waals surface area contributed by atoms with Gasteiger partial charge in [-0.3, -0.25) is 14.4 Å². The fourth-order valence-electron chi connectivity index (χ4n) is 1.89. The highest BCUT2D eigenvalue weighted by Crippen LogP contribution is 2.03. The monoisotopic (exact) mass is 336 g/mol. The lowest BCUT2D eigenvalue weighted by Gasteiger charge is -2.21. The number of carbonyl (C=O) groups is 3. The lowest BCUT2D eigenvalue weighted by molar-refractivity contribution is -0.398. The van der Waals surface area contributed by atoms with Crippen molar-refractivity contribution < 1.29 is 24.9 Å². The van der Waals surface area contributed by atoms with E-state index in [1.807, 2.05) is 44.2 Å². The Bertz CT molecular complexity index is 558. The number of esters is 1. The number of amides is 2. The van der Waals surface area contributed by atoms with Gasteiger partial charge in [0, 0.05) is 0 Å². The number of carbonyl (C=O) groups excluding carboxylic acids is 3. The summed E-state index contributed by atoms with van der Waals surface area (Å²) in [6.45, 7) is 5.17. The molecule has 0 radical (unpaired) electrons. The van der Waals surface area contributed by atoms with Crippen LogP contribution in [0.3, 0.4) is 0 Å². The van der Waals surface area contributed by atoms with Crippen LogP contribution < -0.4 is 16.4 Å². The van der Waals surface area contributed by atoms with Crippen molar-refractivity contribution in [3.05, 3.63) is 35.9 Å². The van der Waals surface area contributed by atoms with Crippen LogP contribution in [0.1, 0.15) is 26.3 Å². The van der Waals surface area contributed by atoms with E-state index in [4.69, 9.17) is 4.74 Å². The summed E-state index contributed by atoms with van der Waals surface area (Å²) in [4.78, 5) is 35.6. The van der Waals surface area contributed by atoms with E-state index >= 15 is 0 Å². The molecule has 0 fully saturated rings. The maximum atomic E-state index is 12.2. The molecule has 1 rings (SSSR count). The Kier molecular flexibility index (Phi) is 7.91. The van der Waals surface area contributed by atoms with Crippen LogP contribution in [0.15, 0.2) is 30.3 Å². The van der Waals surface area contributed by atoms with Gasteiger partial charge >= 0.3 is 5.97 Å². The number of nitrogens with one attached hydrogen (secondary N) is 2. The molecule has 1 aromatic carbocycles. The summed E-state index contributed by atoms with van der Waals surface area (Å²) in [7, 11) is 0. The summed E-state index contributed by atoms with van der Waals surface area (Å²) in [5.74, 6) is -1.38. The third-order valence-electron chi connectivity index (χ3n) is 3.34. The van der Waals surface area contributed by atoms with Crippen molar-refractivity contribution in [3.8, 4) is 0 Å². The zero-order valence-corrected chi connectivity index (χ0v) is 14.4. The van der Waals surface area contributed by atoms with E-state index in [0.717, 1.165) is 5.56 Å². The third-order valence-corrected chi connectivity index (χ3v) is 3.34. The SMILES string of the molecule is CC(C)[C@H](NC(=O)[C@@H](C)[NH3+])C(=O)NCC(=O)OCc1ccccc1. The Balaban J connectivity index is 2.44. The largest absolute Gasteiger partial charge is 0.460 e. The van der Waals surface area contributed by atoms with Gasteiger partial charge in [-0.15, -0.1) is 0 Å². The van der Waals surface area contributed by atoms with Gasteiger partial charge in [-0.1, -0.05) is 44.2 Å². The van der Waals surface area contributed by atoms with Gasteiger partial charge in [-0.25, -0.2) is 0 Å². The van der Waals surface area contributed by atoms with E-state index in [1.165, 1.54) is 0 Å². The van der Waals surface area contributed by atoms with Gasteiger partial charge in [0.05, 0.1) is 0 Å². The molecule has 0 aliphatic heterocycles. The number of rotatable bonds is 8. The summed E-state index contributed by atoms with van der Waals surface area (Å²) in [5, 5.41) is 5.13. The molecule has 7 heteroatoms. The zero-order chi connectivity index (χ0) is 18.1. The van der Waals surface area contributed by atoms with Crippen molar-refractivity contribution in [1.29, 1.82) is 0 Å². The van der Waals surface area contributed by atoms with E-state index < -0.39 is 24.0 Å². The van der Waals surface area contributed by atoms with Gasteiger partial charge in [-0.2, -0.15) is 0 Å². The van der Waals surface area contributed by atoms with Crippen LogP contribution in [-0.4, -0.2) is 36.4 Å². The molecule has 7 nitrogen and oxygen atoms in total. The molecule has 1 aromatic rings. The summed E-state index contributed by atoms with van der Waals surface area (Å²) >= 11 is 0. The average Bonchev–Trinajstić information content (AvgIpc) is 2.55. The predicted molar refractivity (Wildman–Crippen MR) is 88.4 cm³/mol. The number of hydrogen-bond acceptors (Lipinski definition) is 4. The molecular weight excluding hydrogens is 310 g/mol. The van der Waals surface area contributed by atoms with E-state index in [1.54, 1.807) is 6.92 Å². The lowest BCUT2D eigenvalue weighted by Crippen LogP contribution is -2.67. The molecule has 0 saturated heterocycles. The molecule has 2 atom stereocenters. The van der Waals surface area contributed by atoms with E-state index in [0.29, 0.717) is 0 Å². The second kappa shape index (κ2) is 9.67. The first kappa shape index (κ1) is 19.6. The van der Waals surface area contributed by atoms with Crippen LogP contribution in [-0.2, 0) is 25.7 Å². The maximum absolute atomic E-state index is 12.2. The first-order valence-electron chi connectivity index (χ1n) is 7.92. The van der Waals surface area contributed by atoms with Crippen molar-refractivity contribution >= 4 is 17.8 Å². The van der Waals surface area contributed by atoms with Crippen molar-refractivity contribution in [1.82, 2.24) is 10.6 Å². The van der Waals surface area contributed by atoms with Crippen molar-refractivity contribution in [2.75, 3.05) is 6.54 Å². The highest BCUT2D eigenvalue weighted by molar-refractivity contribution is 5.90. The number of quaternary nitrogens is 1. The Morgan fingerprint density at radius 2 is 1.71 bits per heavy atom. The average molecular weight is 336 g/mol. The Morgan fingerprint density at radius 1 is 1.08 bits per heavy atom. The molecule has 0 spiro atoms. The summed E-state index contributed by atoms with van der Waals surface area (Å²) in [6, 6.07) is 8.08. The lowest BCUT2D eigenvalue weighted by atomic mass is 10.0. The summed E-state index contributed by atoms with van der Waals surface area (Å²) in [6.07, 6.45) is 0. The topological polar surface area (TPSA) is 112 Å². The molecule has 0 aliphatic rings. The molecule has 0 aliphatic carbocycles. The third kappa shape index (κ3) is 6.78. The molecular formula is C17H26N3O4+. The normalized spacial score (nSPS) is 13.0. The van der Waals surface area contributed by atoms with E-state index in [-0.39, 0.29) is 25.0 Å². The van der Waals surface area contributed by atoms with E-state index in [9.17, 15) is 14.4 Å². The minimum Gasteiger partial charge on any atom is -0.460 e. The molecule has 0 heterocycles. The van der Waals surface area contributed by atoms with Crippen LogP contribution in [0.5, 0.6) is 0 Å². The van der Waals surface area contributed by atoms with Gasteiger partial charge in [0.2, 0.25) is 5.91 Å². The van der Waals surface area contributed by atoms with Crippen molar-refractivity contribution in [3.63, 3.8) is 0 Å². The summed E-state index contributed by atoms with van der Waals surface area (Å²) < 4.78 is 5.09. The van der Waals surface area contributed by atoms with Crippen molar-refractivity contribution in [2.45, 2.75) is 39.5 Å². The highest BCUT2D eigenvalue weighted by Gasteiger charge is 2.26. The Hall–Kier alpha value is -2.41. The standard InChI is InChI=1S/C17H25N3O4/c1-11(2)15(20-16(22)12(3)18)17(23)19-9-14(21)24-10-13-7-5-4-6-8-13/h4-8,11-12,15H,9-10,18H2,1-3H3,(H,19,23)(H,20,22)/p+1/t12-,15+/m1/s1. The second-order valence-corrected chi connectivity index (χ2v) is 6.00. The maximum Gasteiger partial charge on any atom is 0.325 e. The van der Waals surface area contributed by atoms with Crippen LogP contribution in [0.4, 0.5) is 0 Å². The minimum absolute atomic E-state index is 0.118. The van der Waals surface area contributed by atoms with Crippen LogP contribution in [0.2, 0.25) is 0 Å². The van der Waals surface area contributed by atoms with Gasteiger partial charge < -0.3 is 21.1 Å². The van der Waals surface area contributed by atoms with Crippen LogP contribution in [0, 0.1) is 5.92 Å². The highest BCUT2D eigenvalue weighted by atomic mass is 16.5. The molecule has 2 amide bonds. The molecule has 0 saturated carbocycles. The summed E-state index contributed by atoms with van der Waals surface area (Å²) in [5.41, 5.74) is 4.49. The van der Waals surface area contributed by atoms with Crippen molar-refractivity contribution in [2.24, 2.45) is 5.92 Å². The molecule has 132 valence electrons. The minimum atomic E-state index is -0.719. The molecule has 0 aromatic heterocycles. The fraction of sp³-hybridized carbons (Fsp3) is 0.471. The molecule has 0 bridgehead atoms. The quantitative estimate of drug-likeness (QED) is 0.562.